The molecule has 0 fully saturated rings. The van der Waals surface area contributed by atoms with Crippen LogP contribution in [0.1, 0.15) is 12.0 Å². The largest absolute Gasteiger partial charge is 0.496 e. The molecule has 0 aliphatic carbocycles. The number of hydrogen-bond acceptors (Lipinski definition) is 4. The number of nitrogens with one attached hydrogen (secondary N) is 1. The molecule has 7 heteroatoms. The van der Waals surface area contributed by atoms with Gasteiger partial charge < -0.3 is 19.5 Å². The van der Waals surface area contributed by atoms with E-state index in [1.807, 2.05) is 7.05 Å². The fraction of sp³-hybridized carbons (Fsp3) is 0.571. The molecule has 1 N–H and O–H groups in total. The summed E-state index contributed by atoms with van der Waals surface area (Å²) in [5.41, 5.74) is 0.895. The van der Waals surface area contributed by atoms with Crippen LogP contribution in [0.15, 0.2) is 12.1 Å². The normalized spacial score (nSPS) is 11.3. The summed E-state index contributed by atoms with van der Waals surface area (Å²) in [6.07, 6.45) is -4.55. The van der Waals surface area contributed by atoms with Gasteiger partial charge in [-0.25, -0.2) is 0 Å². The minimum absolute atomic E-state index is 0.242. The first kappa shape index (κ1) is 17.4. The van der Waals surface area contributed by atoms with Crippen LogP contribution in [0.25, 0.3) is 0 Å². The van der Waals surface area contributed by atoms with E-state index < -0.39 is 19.2 Å². The van der Waals surface area contributed by atoms with Gasteiger partial charge in [0.1, 0.15) is 5.75 Å². The Hall–Kier alpha value is -1.63. The Kier molecular flexibility index (Phi) is 6.61. The lowest BCUT2D eigenvalue weighted by Gasteiger charge is -2.16. The SMILES string of the molecule is CNCCc1cc(OC)c(OCCC(F)(F)F)cc1OC. The van der Waals surface area contributed by atoms with E-state index in [1.165, 1.54) is 14.2 Å². The number of ether oxygens (including phenoxy) is 3. The summed E-state index contributed by atoms with van der Waals surface area (Å²) in [4.78, 5) is 0. The third-order valence-corrected chi connectivity index (χ3v) is 2.85. The topological polar surface area (TPSA) is 39.7 Å². The fourth-order valence-electron chi connectivity index (χ4n) is 1.78. The van der Waals surface area contributed by atoms with Crippen molar-refractivity contribution in [3.8, 4) is 17.2 Å². The van der Waals surface area contributed by atoms with Gasteiger partial charge in [0.15, 0.2) is 11.5 Å². The van der Waals surface area contributed by atoms with Gasteiger partial charge in [-0.3, -0.25) is 0 Å². The van der Waals surface area contributed by atoms with E-state index in [9.17, 15) is 13.2 Å². The van der Waals surface area contributed by atoms with Crippen molar-refractivity contribution in [3.63, 3.8) is 0 Å². The second kappa shape index (κ2) is 7.97. The van der Waals surface area contributed by atoms with Gasteiger partial charge in [-0.1, -0.05) is 0 Å². The summed E-state index contributed by atoms with van der Waals surface area (Å²) < 4.78 is 52.0. The van der Waals surface area contributed by atoms with Gasteiger partial charge in [0, 0.05) is 6.07 Å². The summed E-state index contributed by atoms with van der Waals surface area (Å²) in [5.74, 6) is 1.20. The minimum atomic E-state index is -4.25. The van der Waals surface area contributed by atoms with Crippen LogP contribution in [0.2, 0.25) is 0 Å². The molecule has 0 heterocycles. The van der Waals surface area contributed by atoms with Gasteiger partial charge in [0.05, 0.1) is 27.2 Å². The average Bonchev–Trinajstić information content (AvgIpc) is 2.43. The van der Waals surface area contributed by atoms with E-state index in [1.54, 1.807) is 12.1 Å². The molecule has 1 aromatic rings. The van der Waals surface area contributed by atoms with Crippen LogP contribution < -0.4 is 19.5 Å². The van der Waals surface area contributed by atoms with Crippen molar-refractivity contribution in [1.29, 1.82) is 0 Å². The van der Waals surface area contributed by atoms with Crippen molar-refractivity contribution in [1.82, 2.24) is 5.32 Å². The monoisotopic (exact) mass is 307 g/mol. The highest BCUT2D eigenvalue weighted by Gasteiger charge is 2.27. The molecule has 0 spiro atoms. The smallest absolute Gasteiger partial charge is 0.392 e. The summed E-state index contributed by atoms with van der Waals surface area (Å²) in [7, 11) is 4.78. The highest BCUT2D eigenvalue weighted by Crippen LogP contribution is 2.35. The van der Waals surface area contributed by atoms with E-state index in [2.05, 4.69) is 5.32 Å². The van der Waals surface area contributed by atoms with Crippen molar-refractivity contribution in [2.75, 3.05) is 34.4 Å². The quantitative estimate of drug-likeness (QED) is 0.802. The Morgan fingerprint density at radius 2 is 1.71 bits per heavy atom. The number of methoxy groups -OCH3 is 2. The van der Waals surface area contributed by atoms with Crippen LogP contribution in [-0.4, -0.2) is 40.6 Å². The third kappa shape index (κ3) is 5.71. The molecule has 0 saturated heterocycles. The zero-order valence-corrected chi connectivity index (χ0v) is 12.3. The van der Waals surface area contributed by atoms with Crippen molar-refractivity contribution < 1.29 is 27.4 Å². The molecule has 1 aromatic carbocycles. The summed E-state index contributed by atoms with van der Waals surface area (Å²) >= 11 is 0. The molecular formula is C14H20F3NO3. The predicted octanol–water partition coefficient (Wildman–Crippen LogP) is 2.80. The van der Waals surface area contributed by atoms with Gasteiger partial charge in [0.25, 0.3) is 0 Å². The Bertz CT molecular complexity index is 450. The van der Waals surface area contributed by atoms with E-state index >= 15 is 0 Å². The highest BCUT2D eigenvalue weighted by molar-refractivity contribution is 5.50. The molecule has 120 valence electrons. The molecule has 0 unspecified atom stereocenters. The molecule has 0 amide bonds. The third-order valence-electron chi connectivity index (χ3n) is 2.85. The lowest BCUT2D eigenvalue weighted by molar-refractivity contribution is -0.139. The van der Waals surface area contributed by atoms with Crippen LogP contribution in [0, 0.1) is 0 Å². The van der Waals surface area contributed by atoms with Gasteiger partial charge >= 0.3 is 6.18 Å². The van der Waals surface area contributed by atoms with Crippen molar-refractivity contribution >= 4 is 0 Å². The predicted molar refractivity (Wildman–Crippen MR) is 73.3 cm³/mol. The Morgan fingerprint density at radius 3 is 2.24 bits per heavy atom. The van der Waals surface area contributed by atoms with Crippen LogP contribution in [0.3, 0.4) is 0 Å². The van der Waals surface area contributed by atoms with Gasteiger partial charge in [0.2, 0.25) is 0 Å². The van der Waals surface area contributed by atoms with Crippen LogP contribution in [0.5, 0.6) is 17.2 Å². The molecule has 0 radical (unpaired) electrons. The summed E-state index contributed by atoms with van der Waals surface area (Å²) in [6.45, 7) is 0.284. The second-order valence-corrected chi connectivity index (χ2v) is 4.38. The van der Waals surface area contributed by atoms with Crippen molar-refractivity contribution in [2.24, 2.45) is 0 Å². The maximum atomic E-state index is 12.1. The number of alkyl halides is 3. The molecule has 0 bridgehead atoms. The number of halogens is 3. The van der Waals surface area contributed by atoms with Gasteiger partial charge in [-0.15, -0.1) is 0 Å². The fourth-order valence-corrected chi connectivity index (χ4v) is 1.78. The second-order valence-electron chi connectivity index (χ2n) is 4.38. The van der Waals surface area contributed by atoms with Gasteiger partial charge in [-0.05, 0) is 31.6 Å². The molecule has 0 aliphatic heterocycles. The summed E-state index contributed by atoms with van der Waals surface area (Å²) in [6, 6.07) is 3.28. The molecule has 1 rings (SSSR count). The van der Waals surface area contributed by atoms with Gasteiger partial charge in [-0.2, -0.15) is 13.2 Å². The van der Waals surface area contributed by atoms with Crippen molar-refractivity contribution in [2.45, 2.75) is 19.0 Å². The Balaban J connectivity index is 2.87. The zero-order valence-electron chi connectivity index (χ0n) is 12.3. The number of benzene rings is 1. The maximum absolute atomic E-state index is 12.1. The lowest BCUT2D eigenvalue weighted by atomic mass is 10.1. The first-order valence-electron chi connectivity index (χ1n) is 6.50. The summed E-state index contributed by atoms with van der Waals surface area (Å²) in [5, 5.41) is 3.02. The minimum Gasteiger partial charge on any atom is -0.496 e. The molecule has 0 aromatic heterocycles. The van der Waals surface area contributed by atoms with E-state index in [0.29, 0.717) is 17.9 Å². The van der Waals surface area contributed by atoms with Crippen LogP contribution in [-0.2, 0) is 6.42 Å². The molecule has 0 saturated carbocycles. The zero-order chi connectivity index (χ0) is 15.9. The number of hydrogen-bond donors (Lipinski definition) is 1. The number of rotatable bonds is 8. The molecule has 0 atom stereocenters. The Morgan fingerprint density at radius 1 is 1.05 bits per heavy atom. The molecular weight excluding hydrogens is 287 g/mol. The Labute approximate surface area is 122 Å². The first-order valence-corrected chi connectivity index (χ1v) is 6.50. The standard InChI is InChI=1S/C14H20F3NO3/c1-18-6-4-10-8-12(20-3)13(9-11(10)19-2)21-7-5-14(15,16)17/h8-9,18H,4-7H2,1-3H3. The maximum Gasteiger partial charge on any atom is 0.392 e. The highest BCUT2D eigenvalue weighted by atomic mass is 19.4. The van der Waals surface area contributed by atoms with E-state index in [4.69, 9.17) is 14.2 Å². The number of likely N-dealkylation sites (N-methyl/N-ethyl adjacent to an activating group) is 1. The molecule has 4 nitrogen and oxygen atoms in total. The van der Waals surface area contributed by atoms with Crippen LogP contribution >= 0.6 is 0 Å². The molecule has 0 aliphatic rings. The van der Waals surface area contributed by atoms with E-state index in [-0.39, 0.29) is 5.75 Å². The first-order chi connectivity index (χ1) is 9.91. The van der Waals surface area contributed by atoms with E-state index in [0.717, 1.165) is 12.1 Å². The van der Waals surface area contributed by atoms with Crippen LogP contribution in [0.4, 0.5) is 13.2 Å². The molecule has 21 heavy (non-hydrogen) atoms. The van der Waals surface area contributed by atoms with Crippen molar-refractivity contribution in [3.05, 3.63) is 17.7 Å². The average molecular weight is 307 g/mol. The lowest BCUT2D eigenvalue weighted by Crippen LogP contribution is -2.14.